The van der Waals surface area contributed by atoms with Crippen molar-refractivity contribution in [1.29, 1.82) is 0 Å². The van der Waals surface area contributed by atoms with Gasteiger partial charge in [-0.25, -0.2) is 0 Å². The quantitative estimate of drug-likeness (QED) is 0.803. The maximum Gasteiger partial charge on any atom is 0.229 e. The Labute approximate surface area is 131 Å². The van der Waals surface area contributed by atoms with Crippen LogP contribution in [-0.2, 0) is 17.8 Å². The zero-order valence-corrected chi connectivity index (χ0v) is 13.8. The predicted octanol–water partition coefficient (Wildman–Crippen LogP) is 2.85. The summed E-state index contributed by atoms with van der Waals surface area (Å²) >= 11 is 5.91. The van der Waals surface area contributed by atoms with Gasteiger partial charge in [-0.3, -0.25) is 4.79 Å². The molecular weight excluding hydrogens is 290 g/mol. The molecule has 116 valence electrons. The first-order valence-electron chi connectivity index (χ1n) is 7.02. The Kier molecular flexibility index (Phi) is 4.67. The largest absolute Gasteiger partial charge is 0.493 e. The number of nitrogens with zero attached hydrogens (tertiary/aromatic N) is 1. The van der Waals surface area contributed by atoms with E-state index in [1.807, 2.05) is 30.9 Å². The molecule has 0 unspecified atom stereocenters. The molecule has 0 N–H and O–H groups in total. The van der Waals surface area contributed by atoms with Gasteiger partial charge in [-0.2, -0.15) is 0 Å². The number of benzene rings is 1. The van der Waals surface area contributed by atoms with E-state index < -0.39 is 5.41 Å². The minimum absolute atomic E-state index is 0.0953. The van der Waals surface area contributed by atoms with Crippen molar-refractivity contribution in [1.82, 2.24) is 4.90 Å². The number of ether oxygens (including phenoxy) is 2. The molecule has 0 radical (unpaired) electrons. The molecule has 0 fully saturated rings. The van der Waals surface area contributed by atoms with Crippen molar-refractivity contribution in [2.24, 2.45) is 5.41 Å². The van der Waals surface area contributed by atoms with Crippen LogP contribution in [0, 0.1) is 5.41 Å². The van der Waals surface area contributed by atoms with Gasteiger partial charge in [-0.05, 0) is 43.5 Å². The standard InChI is InChI=1S/C16H22ClNO3/c1-16(2,10-17)15(19)18-6-5-11-7-13(20-3)14(21-4)8-12(11)9-18/h7-8H,5-6,9-10H2,1-4H3. The number of methoxy groups -OCH3 is 2. The number of fused-ring (bicyclic) bond motifs is 1. The maximum absolute atomic E-state index is 12.5. The van der Waals surface area contributed by atoms with Crippen molar-refractivity contribution in [3.8, 4) is 11.5 Å². The lowest BCUT2D eigenvalue weighted by Crippen LogP contribution is -2.44. The molecule has 1 aliphatic heterocycles. The first-order valence-corrected chi connectivity index (χ1v) is 7.55. The van der Waals surface area contributed by atoms with Gasteiger partial charge < -0.3 is 14.4 Å². The highest BCUT2D eigenvalue weighted by Gasteiger charge is 2.33. The van der Waals surface area contributed by atoms with Crippen molar-refractivity contribution < 1.29 is 14.3 Å². The number of halogens is 1. The average molecular weight is 312 g/mol. The SMILES string of the molecule is COc1cc2c(cc1OC)CN(C(=O)C(C)(C)CCl)CC2. The number of carbonyl (C=O) groups is 1. The number of rotatable bonds is 4. The van der Waals surface area contributed by atoms with Crippen LogP contribution in [0.1, 0.15) is 25.0 Å². The molecule has 0 atom stereocenters. The molecule has 0 saturated heterocycles. The van der Waals surface area contributed by atoms with Gasteiger partial charge in [0.15, 0.2) is 11.5 Å². The van der Waals surface area contributed by atoms with Crippen molar-refractivity contribution >= 4 is 17.5 Å². The highest BCUT2D eigenvalue weighted by molar-refractivity contribution is 6.19. The molecule has 0 saturated carbocycles. The second-order valence-electron chi connectivity index (χ2n) is 5.97. The average Bonchev–Trinajstić information content (AvgIpc) is 2.51. The van der Waals surface area contributed by atoms with Gasteiger partial charge >= 0.3 is 0 Å². The third-order valence-electron chi connectivity index (χ3n) is 3.92. The van der Waals surface area contributed by atoms with Gasteiger partial charge in [0.05, 0.1) is 19.6 Å². The molecule has 0 aliphatic carbocycles. The molecule has 1 aromatic rings. The van der Waals surface area contributed by atoms with Gasteiger partial charge in [0.1, 0.15) is 0 Å². The van der Waals surface area contributed by atoms with Crippen molar-refractivity contribution in [2.45, 2.75) is 26.8 Å². The summed E-state index contributed by atoms with van der Waals surface area (Å²) in [6.07, 6.45) is 0.819. The van der Waals surface area contributed by atoms with E-state index in [1.165, 1.54) is 5.56 Å². The minimum Gasteiger partial charge on any atom is -0.493 e. The number of carbonyl (C=O) groups excluding carboxylic acids is 1. The topological polar surface area (TPSA) is 38.8 Å². The third-order valence-corrected chi connectivity index (χ3v) is 4.59. The Balaban J connectivity index is 2.26. The lowest BCUT2D eigenvalue weighted by molar-refractivity contribution is -0.140. The predicted molar refractivity (Wildman–Crippen MR) is 83.2 cm³/mol. The van der Waals surface area contributed by atoms with Crippen LogP contribution in [0.3, 0.4) is 0 Å². The molecule has 2 rings (SSSR count). The van der Waals surface area contributed by atoms with Crippen LogP contribution in [0.4, 0.5) is 0 Å². The van der Waals surface area contributed by atoms with E-state index in [0.29, 0.717) is 24.7 Å². The minimum atomic E-state index is -0.532. The molecule has 0 bridgehead atoms. The van der Waals surface area contributed by atoms with Gasteiger partial charge in [0.2, 0.25) is 5.91 Å². The second kappa shape index (κ2) is 6.14. The summed E-state index contributed by atoms with van der Waals surface area (Å²) in [6, 6.07) is 3.96. The summed E-state index contributed by atoms with van der Waals surface area (Å²) in [5.74, 6) is 1.85. The van der Waals surface area contributed by atoms with Gasteiger partial charge in [0, 0.05) is 19.0 Å². The van der Waals surface area contributed by atoms with Crippen LogP contribution in [0.15, 0.2) is 12.1 Å². The molecule has 0 aromatic heterocycles. The Bertz CT molecular complexity index is 543. The fourth-order valence-electron chi connectivity index (χ4n) is 2.54. The smallest absolute Gasteiger partial charge is 0.229 e. The number of amides is 1. The van der Waals surface area contributed by atoms with Crippen LogP contribution in [0.5, 0.6) is 11.5 Å². The fraction of sp³-hybridized carbons (Fsp3) is 0.562. The van der Waals surface area contributed by atoms with Crippen molar-refractivity contribution in [2.75, 3.05) is 26.6 Å². The van der Waals surface area contributed by atoms with Gasteiger partial charge in [-0.1, -0.05) is 0 Å². The van der Waals surface area contributed by atoms with Crippen molar-refractivity contribution in [3.63, 3.8) is 0 Å². The summed E-state index contributed by atoms with van der Waals surface area (Å²) in [7, 11) is 3.25. The number of alkyl halides is 1. The zero-order valence-electron chi connectivity index (χ0n) is 13.0. The maximum atomic E-state index is 12.5. The zero-order chi connectivity index (χ0) is 15.6. The summed E-state index contributed by atoms with van der Waals surface area (Å²) in [4.78, 5) is 14.4. The molecule has 0 spiro atoms. The Morgan fingerprint density at radius 2 is 1.81 bits per heavy atom. The fourth-order valence-corrected chi connectivity index (χ4v) is 2.66. The van der Waals surface area contributed by atoms with Crippen LogP contribution in [0.2, 0.25) is 0 Å². The molecule has 1 amide bonds. The molecular formula is C16H22ClNO3. The highest BCUT2D eigenvalue weighted by atomic mass is 35.5. The number of hydrogen-bond donors (Lipinski definition) is 0. The van der Waals surface area contributed by atoms with E-state index in [2.05, 4.69) is 0 Å². The van der Waals surface area contributed by atoms with E-state index in [4.69, 9.17) is 21.1 Å². The van der Waals surface area contributed by atoms with E-state index in [-0.39, 0.29) is 5.91 Å². The normalized spacial score (nSPS) is 14.6. The van der Waals surface area contributed by atoms with Gasteiger partial charge in [0.25, 0.3) is 0 Å². The van der Waals surface area contributed by atoms with E-state index >= 15 is 0 Å². The van der Waals surface area contributed by atoms with E-state index in [1.54, 1.807) is 14.2 Å². The lowest BCUT2D eigenvalue weighted by Gasteiger charge is -2.34. The highest BCUT2D eigenvalue weighted by Crippen LogP contribution is 2.34. The molecule has 1 aliphatic rings. The Morgan fingerprint density at radius 1 is 1.24 bits per heavy atom. The molecule has 5 heteroatoms. The van der Waals surface area contributed by atoms with Crippen LogP contribution < -0.4 is 9.47 Å². The molecule has 4 nitrogen and oxygen atoms in total. The monoisotopic (exact) mass is 311 g/mol. The Hall–Kier alpha value is -1.42. The van der Waals surface area contributed by atoms with E-state index in [0.717, 1.165) is 17.7 Å². The summed E-state index contributed by atoms with van der Waals surface area (Å²) in [5.41, 5.74) is 1.79. The first kappa shape index (κ1) is 16.0. The summed E-state index contributed by atoms with van der Waals surface area (Å²) in [6.45, 7) is 5.06. The van der Waals surface area contributed by atoms with Crippen molar-refractivity contribution in [3.05, 3.63) is 23.3 Å². The third kappa shape index (κ3) is 3.10. The van der Waals surface area contributed by atoms with Gasteiger partial charge in [-0.15, -0.1) is 11.6 Å². The first-order chi connectivity index (χ1) is 9.92. The lowest BCUT2D eigenvalue weighted by atomic mass is 9.91. The van der Waals surface area contributed by atoms with Crippen LogP contribution >= 0.6 is 11.6 Å². The molecule has 1 heterocycles. The Morgan fingerprint density at radius 3 is 2.33 bits per heavy atom. The van der Waals surface area contributed by atoms with Crippen LogP contribution in [-0.4, -0.2) is 37.5 Å². The van der Waals surface area contributed by atoms with Crippen LogP contribution in [0.25, 0.3) is 0 Å². The second-order valence-corrected chi connectivity index (χ2v) is 6.24. The number of hydrogen-bond acceptors (Lipinski definition) is 3. The summed E-state index contributed by atoms with van der Waals surface area (Å²) in [5, 5.41) is 0. The van der Waals surface area contributed by atoms with E-state index in [9.17, 15) is 4.79 Å². The molecule has 21 heavy (non-hydrogen) atoms. The molecule has 1 aromatic carbocycles. The summed E-state index contributed by atoms with van der Waals surface area (Å²) < 4.78 is 10.7.